The van der Waals surface area contributed by atoms with Crippen LogP contribution in [-0.4, -0.2) is 26.3 Å². The summed E-state index contributed by atoms with van der Waals surface area (Å²) >= 11 is 4.96. The molecule has 3 aromatic rings. The van der Waals surface area contributed by atoms with Crippen LogP contribution in [0, 0.1) is 0 Å². The molecular weight excluding hydrogens is 444 g/mol. The van der Waals surface area contributed by atoms with Gasteiger partial charge in [0.1, 0.15) is 17.3 Å². The van der Waals surface area contributed by atoms with Crippen LogP contribution in [0.15, 0.2) is 78.6 Å². The van der Waals surface area contributed by atoms with Crippen molar-refractivity contribution in [3.05, 3.63) is 70.4 Å². The van der Waals surface area contributed by atoms with Crippen LogP contribution < -0.4 is 14.9 Å². The molecular formula is C20H17BrN2O4S. The molecule has 0 atom stereocenters. The maximum Gasteiger partial charge on any atom is 0.271 e. The Kier molecular flexibility index (Phi) is 6.78. The number of hydrogen-bond donors (Lipinski definition) is 1. The molecule has 1 heterocycles. The van der Waals surface area contributed by atoms with Gasteiger partial charge in [-0.25, -0.2) is 5.43 Å². The predicted molar refractivity (Wildman–Crippen MR) is 112 cm³/mol. The lowest BCUT2D eigenvalue weighted by molar-refractivity contribution is 0.0954. The Balaban J connectivity index is 1.66. The van der Waals surface area contributed by atoms with Gasteiger partial charge in [0, 0.05) is 22.6 Å². The highest BCUT2D eigenvalue weighted by Gasteiger charge is 2.11. The summed E-state index contributed by atoms with van der Waals surface area (Å²) in [4.78, 5) is 13.4. The van der Waals surface area contributed by atoms with Gasteiger partial charge >= 0.3 is 0 Å². The third kappa shape index (κ3) is 5.17. The van der Waals surface area contributed by atoms with Crippen LogP contribution in [0.3, 0.4) is 0 Å². The minimum atomic E-state index is -0.391. The van der Waals surface area contributed by atoms with Crippen LogP contribution in [0.4, 0.5) is 0 Å². The molecule has 144 valence electrons. The Morgan fingerprint density at radius 1 is 1.11 bits per heavy atom. The number of nitrogens with zero attached hydrogens (tertiary/aromatic N) is 1. The summed E-state index contributed by atoms with van der Waals surface area (Å²) in [5, 5.41) is 4.67. The first-order valence-corrected chi connectivity index (χ1v) is 9.78. The molecule has 0 aliphatic rings. The minimum absolute atomic E-state index is 0.370. The summed E-state index contributed by atoms with van der Waals surface area (Å²) in [6, 6.07) is 16.6. The smallest absolute Gasteiger partial charge is 0.271 e. The van der Waals surface area contributed by atoms with E-state index in [1.165, 1.54) is 32.2 Å². The van der Waals surface area contributed by atoms with Gasteiger partial charge in [-0.05, 0) is 40.2 Å². The second-order valence-electron chi connectivity index (χ2n) is 5.50. The quantitative estimate of drug-likeness (QED) is 0.397. The highest BCUT2D eigenvalue weighted by molar-refractivity contribution is 9.10. The molecule has 1 amide bonds. The summed E-state index contributed by atoms with van der Waals surface area (Å²) in [5.74, 6) is 1.16. The van der Waals surface area contributed by atoms with Crippen LogP contribution in [0.2, 0.25) is 0 Å². The average molecular weight is 461 g/mol. The van der Waals surface area contributed by atoms with E-state index in [1.807, 2.05) is 30.3 Å². The molecule has 0 fully saturated rings. The SMILES string of the molecule is COc1cc(OC)cc(C(=O)N/N=C\c2cc(Br)c(Sc3ccccc3)o2)c1. The predicted octanol–water partition coefficient (Wildman–Crippen LogP) is 4.97. The lowest BCUT2D eigenvalue weighted by atomic mass is 10.2. The standard InChI is InChI=1S/C20H17BrN2O4S/c1-25-14-8-13(9-15(10-14)26-2)19(24)23-22-12-16-11-18(21)20(27-16)28-17-6-4-3-5-7-17/h3-12H,1-2H3,(H,23,24)/b22-12-. The van der Waals surface area contributed by atoms with Crippen molar-refractivity contribution >= 4 is 39.8 Å². The van der Waals surface area contributed by atoms with Gasteiger partial charge in [-0.2, -0.15) is 5.10 Å². The van der Waals surface area contributed by atoms with Gasteiger partial charge < -0.3 is 13.9 Å². The Bertz CT molecular complexity index is 967. The molecule has 0 spiro atoms. The number of carbonyl (C=O) groups is 1. The van der Waals surface area contributed by atoms with Crippen molar-refractivity contribution in [3.63, 3.8) is 0 Å². The van der Waals surface area contributed by atoms with Crippen LogP contribution in [0.5, 0.6) is 11.5 Å². The molecule has 0 unspecified atom stereocenters. The van der Waals surface area contributed by atoms with Gasteiger partial charge in [0.2, 0.25) is 0 Å². The van der Waals surface area contributed by atoms with Crippen LogP contribution in [0.1, 0.15) is 16.1 Å². The van der Waals surface area contributed by atoms with Crippen LogP contribution in [0.25, 0.3) is 0 Å². The Hall–Kier alpha value is -2.71. The number of methoxy groups -OCH3 is 2. The van der Waals surface area contributed by atoms with E-state index >= 15 is 0 Å². The van der Waals surface area contributed by atoms with Crippen molar-refractivity contribution in [2.24, 2.45) is 5.10 Å². The summed E-state index contributed by atoms with van der Waals surface area (Å²) in [5.41, 5.74) is 2.84. The summed E-state index contributed by atoms with van der Waals surface area (Å²) in [7, 11) is 3.04. The Morgan fingerprint density at radius 3 is 2.43 bits per heavy atom. The topological polar surface area (TPSA) is 73.1 Å². The zero-order chi connectivity index (χ0) is 19.9. The second-order valence-corrected chi connectivity index (χ2v) is 7.40. The molecule has 0 aliphatic heterocycles. The van der Waals surface area contributed by atoms with Crippen molar-refractivity contribution in [1.82, 2.24) is 5.43 Å². The van der Waals surface area contributed by atoms with E-state index < -0.39 is 5.91 Å². The van der Waals surface area contributed by atoms with E-state index in [2.05, 4.69) is 26.5 Å². The maximum atomic E-state index is 12.3. The highest BCUT2D eigenvalue weighted by atomic mass is 79.9. The molecule has 1 aromatic heterocycles. The van der Waals surface area contributed by atoms with Crippen molar-refractivity contribution in [1.29, 1.82) is 0 Å². The number of hydrogen-bond acceptors (Lipinski definition) is 6. The molecule has 0 radical (unpaired) electrons. The largest absolute Gasteiger partial charge is 0.497 e. The lowest BCUT2D eigenvalue weighted by Gasteiger charge is -2.07. The van der Waals surface area contributed by atoms with Crippen molar-refractivity contribution in [2.45, 2.75) is 9.99 Å². The lowest BCUT2D eigenvalue weighted by Crippen LogP contribution is -2.17. The number of furan rings is 1. The average Bonchev–Trinajstić information content (AvgIpc) is 3.07. The van der Waals surface area contributed by atoms with Crippen molar-refractivity contribution in [2.75, 3.05) is 14.2 Å². The van der Waals surface area contributed by atoms with Gasteiger partial charge in [0.15, 0.2) is 5.09 Å². The molecule has 3 rings (SSSR count). The van der Waals surface area contributed by atoms with E-state index in [4.69, 9.17) is 13.9 Å². The van der Waals surface area contributed by atoms with E-state index in [0.717, 1.165) is 9.37 Å². The molecule has 1 N–H and O–H groups in total. The zero-order valence-corrected chi connectivity index (χ0v) is 17.5. The highest BCUT2D eigenvalue weighted by Crippen LogP contribution is 2.35. The summed E-state index contributed by atoms with van der Waals surface area (Å²) in [6.07, 6.45) is 1.44. The van der Waals surface area contributed by atoms with E-state index in [1.54, 1.807) is 24.3 Å². The second kappa shape index (κ2) is 9.48. The number of amides is 1. The van der Waals surface area contributed by atoms with Gasteiger partial charge in [0.05, 0.1) is 24.9 Å². The number of nitrogens with one attached hydrogen (secondary N) is 1. The third-order valence-corrected chi connectivity index (χ3v) is 5.45. The van der Waals surface area contributed by atoms with Crippen LogP contribution in [-0.2, 0) is 0 Å². The molecule has 28 heavy (non-hydrogen) atoms. The molecule has 0 aliphatic carbocycles. The molecule has 8 heteroatoms. The normalized spacial score (nSPS) is 10.8. The third-order valence-electron chi connectivity index (χ3n) is 3.60. The minimum Gasteiger partial charge on any atom is -0.497 e. The fourth-order valence-electron chi connectivity index (χ4n) is 2.26. The number of benzene rings is 2. The molecule has 6 nitrogen and oxygen atoms in total. The van der Waals surface area contributed by atoms with Gasteiger partial charge in [-0.15, -0.1) is 0 Å². The first-order chi connectivity index (χ1) is 13.6. The monoisotopic (exact) mass is 460 g/mol. The maximum absolute atomic E-state index is 12.3. The first-order valence-electron chi connectivity index (χ1n) is 8.17. The molecule has 0 saturated carbocycles. The molecule has 2 aromatic carbocycles. The number of ether oxygens (including phenoxy) is 2. The first kappa shape index (κ1) is 20.0. The van der Waals surface area contributed by atoms with Gasteiger partial charge in [0.25, 0.3) is 5.91 Å². The Labute approximate surface area is 175 Å². The van der Waals surface area contributed by atoms with Crippen molar-refractivity contribution < 1.29 is 18.7 Å². The molecule has 0 bridgehead atoms. The fraction of sp³-hybridized carbons (Fsp3) is 0.100. The van der Waals surface area contributed by atoms with E-state index in [9.17, 15) is 4.79 Å². The molecule has 0 saturated heterocycles. The van der Waals surface area contributed by atoms with E-state index in [-0.39, 0.29) is 0 Å². The van der Waals surface area contributed by atoms with Gasteiger partial charge in [-0.1, -0.05) is 30.0 Å². The number of halogens is 1. The van der Waals surface area contributed by atoms with Crippen molar-refractivity contribution in [3.8, 4) is 11.5 Å². The summed E-state index contributed by atoms with van der Waals surface area (Å²) < 4.78 is 16.9. The van der Waals surface area contributed by atoms with Gasteiger partial charge in [-0.3, -0.25) is 4.79 Å². The number of hydrazone groups is 1. The zero-order valence-electron chi connectivity index (χ0n) is 15.1. The summed E-state index contributed by atoms with van der Waals surface area (Å²) in [6.45, 7) is 0. The fourth-order valence-corrected chi connectivity index (χ4v) is 3.61. The number of carbonyl (C=O) groups excluding carboxylic acids is 1. The Morgan fingerprint density at radius 2 is 1.79 bits per heavy atom. The van der Waals surface area contributed by atoms with E-state index in [0.29, 0.717) is 27.9 Å². The van der Waals surface area contributed by atoms with Crippen LogP contribution >= 0.6 is 27.7 Å². The number of rotatable bonds is 7.